The first kappa shape index (κ1) is 12.5. The number of aromatic carboxylic acids is 1. The van der Waals surface area contributed by atoms with E-state index in [1.807, 2.05) is 0 Å². The van der Waals surface area contributed by atoms with E-state index in [9.17, 15) is 13.2 Å². The average molecular weight is 305 g/mol. The van der Waals surface area contributed by atoms with Gasteiger partial charge in [0.05, 0.1) is 5.56 Å². The number of sulfonamides is 1. The minimum Gasteiger partial charge on any atom is -0.478 e. The molecule has 84 valence electrons. The highest BCUT2D eigenvalue weighted by Gasteiger charge is 2.18. The van der Waals surface area contributed by atoms with Gasteiger partial charge < -0.3 is 5.11 Å². The lowest BCUT2D eigenvalue weighted by molar-refractivity contribution is 0.0696. The number of rotatable bonds is 3. The van der Waals surface area contributed by atoms with Gasteiger partial charge in [-0.3, -0.25) is 0 Å². The van der Waals surface area contributed by atoms with Crippen molar-refractivity contribution in [3.05, 3.63) is 28.2 Å². The van der Waals surface area contributed by atoms with Crippen molar-refractivity contribution in [2.24, 2.45) is 0 Å². The zero-order chi connectivity index (χ0) is 12.3. The largest absolute Gasteiger partial charge is 0.478 e. The number of halogens is 1. The third-order valence-corrected chi connectivity index (χ3v) is 3.86. The molecule has 0 atom stereocenters. The molecule has 0 unspecified atom stereocenters. The molecule has 6 nitrogen and oxygen atoms in total. The van der Waals surface area contributed by atoms with Gasteiger partial charge in [-0.25, -0.2) is 17.9 Å². The number of hydrogen-bond acceptors (Lipinski definition) is 4. The highest BCUT2D eigenvalue weighted by atomic mass is 79.9. The van der Waals surface area contributed by atoms with Crippen molar-refractivity contribution in [1.82, 2.24) is 4.72 Å². The topological polar surface area (TPSA) is 107 Å². The number of hydrogen-bond donors (Lipinski definition) is 2. The zero-order valence-corrected chi connectivity index (χ0v) is 10.0. The standard InChI is InChI=1S/C8H5BrN2O4S/c9-6-3-5(8(12)13)1-2-7(6)16(14,15)11-4-10/h1-3,11H,(H,12,13). The van der Waals surface area contributed by atoms with Crippen LogP contribution in [0.3, 0.4) is 0 Å². The molecule has 1 aromatic rings. The van der Waals surface area contributed by atoms with E-state index in [1.54, 1.807) is 4.72 Å². The Balaban J connectivity index is 3.30. The molecule has 0 saturated heterocycles. The van der Waals surface area contributed by atoms with Crippen LogP contribution in [0.5, 0.6) is 0 Å². The number of carboxylic acid groups (broad SMARTS) is 1. The molecule has 0 saturated carbocycles. The van der Waals surface area contributed by atoms with Gasteiger partial charge in [0.1, 0.15) is 4.90 Å². The highest BCUT2D eigenvalue weighted by molar-refractivity contribution is 9.10. The Bertz CT molecular complexity index is 576. The number of nitrogens with one attached hydrogen (secondary N) is 1. The van der Waals surface area contributed by atoms with Crippen LogP contribution in [0.1, 0.15) is 10.4 Å². The van der Waals surface area contributed by atoms with E-state index in [2.05, 4.69) is 15.9 Å². The number of carbonyl (C=O) groups is 1. The molecule has 0 aliphatic heterocycles. The van der Waals surface area contributed by atoms with Crippen LogP contribution in [-0.2, 0) is 10.0 Å². The molecule has 0 amide bonds. The second-order valence-electron chi connectivity index (χ2n) is 2.67. The molecule has 0 aromatic heterocycles. The first-order valence-electron chi connectivity index (χ1n) is 3.82. The van der Waals surface area contributed by atoms with Crippen LogP contribution in [0.4, 0.5) is 0 Å². The third kappa shape index (κ3) is 2.50. The van der Waals surface area contributed by atoms with Gasteiger partial charge in [0, 0.05) is 4.47 Å². The third-order valence-electron chi connectivity index (χ3n) is 1.65. The predicted molar refractivity (Wildman–Crippen MR) is 57.0 cm³/mol. The monoisotopic (exact) mass is 304 g/mol. The number of carboxylic acids is 1. The van der Waals surface area contributed by atoms with Gasteiger partial charge in [-0.05, 0) is 34.1 Å². The Kier molecular flexibility index (Phi) is 3.51. The lowest BCUT2D eigenvalue weighted by Crippen LogP contribution is -2.18. The molecule has 1 rings (SSSR count). The molecule has 0 radical (unpaired) electrons. The molecule has 0 aliphatic rings. The lowest BCUT2D eigenvalue weighted by Gasteiger charge is -2.04. The molecule has 8 heteroatoms. The fraction of sp³-hybridized carbons (Fsp3) is 0. The average Bonchev–Trinajstić information content (AvgIpc) is 2.16. The summed E-state index contributed by atoms with van der Waals surface area (Å²) in [5.74, 6) is -1.17. The van der Waals surface area contributed by atoms with Crippen LogP contribution in [0.25, 0.3) is 0 Å². The highest BCUT2D eigenvalue weighted by Crippen LogP contribution is 2.22. The van der Waals surface area contributed by atoms with Gasteiger partial charge in [0.2, 0.25) is 0 Å². The SMILES string of the molecule is N#CNS(=O)(=O)c1ccc(C(=O)O)cc1Br. The summed E-state index contributed by atoms with van der Waals surface area (Å²) in [4.78, 5) is 10.4. The van der Waals surface area contributed by atoms with Gasteiger partial charge in [-0.15, -0.1) is 0 Å². The van der Waals surface area contributed by atoms with Crippen LogP contribution < -0.4 is 4.72 Å². The van der Waals surface area contributed by atoms with Crippen LogP contribution in [0.2, 0.25) is 0 Å². The summed E-state index contributed by atoms with van der Waals surface area (Å²) in [6.45, 7) is 0. The summed E-state index contributed by atoms with van der Waals surface area (Å²) >= 11 is 2.93. The Hall–Kier alpha value is -1.59. The smallest absolute Gasteiger partial charge is 0.335 e. The summed E-state index contributed by atoms with van der Waals surface area (Å²) in [6, 6.07) is 3.39. The molecule has 1 aromatic carbocycles. The maximum absolute atomic E-state index is 11.4. The minimum atomic E-state index is -3.93. The van der Waals surface area contributed by atoms with E-state index in [0.717, 1.165) is 18.2 Å². The van der Waals surface area contributed by atoms with Gasteiger partial charge in [0.15, 0.2) is 6.19 Å². The second kappa shape index (κ2) is 4.51. The van der Waals surface area contributed by atoms with E-state index < -0.39 is 16.0 Å². The molecular weight excluding hydrogens is 300 g/mol. The maximum Gasteiger partial charge on any atom is 0.335 e. The van der Waals surface area contributed by atoms with E-state index in [-0.39, 0.29) is 14.9 Å². The van der Waals surface area contributed by atoms with Crippen LogP contribution in [0.15, 0.2) is 27.6 Å². The Morgan fingerprint density at radius 2 is 2.12 bits per heavy atom. The number of nitrogens with zero attached hydrogens (tertiary/aromatic N) is 1. The van der Waals surface area contributed by atoms with Gasteiger partial charge in [-0.2, -0.15) is 5.26 Å². The van der Waals surface area contributed by atoms with E-state index >= 15 is 0 Å². The lowest BCUT2D eigenvalue weighted by atomic mass is 10.2. The van der Waals surface area contributed by atoms with Crippen LogP contribution >= 0.6 is 15.9 Å². The fourth-order valence-electron chi connectivity index (χ4n) is 0.967. The molecule has 2 N–H and O–H groups in total. The first-order valence-corrected chi connectivity index (χ1v) is 6.10. The van der Waals surface area contributed by atoms with E-state index in [0.29, 0.717) is 0 Å². The van der Waals surface area contributed by atoms with Crippen molar-refractivity contribution in [2.75, 3.05) is 0 Å². The second-order valence-corrected chi connectivity index (χ2v) is 5.17. The van der Waals surface area contributed by atoms with Crippen molar-refractivity contribution < 1.29 is 18.3 Å². The summed E-state index contributed by atoms with van der Waals surface area (Å²) < 4.78 is 24.6. The van der Waals surface area contributed by atoms with Crippen LogP contribution in [-0.4, -0.2) is 19.5 Å². The van der Waals surface area contributed by atoms with Crippen molar-refractivity contribution in [3.8, 4) is 6.19 Å². The molecular formula is C8H5BrN2O4S. The fourth-order valence-corrected chi connectivity index (χ4v) is 2.78. The molecule has 0 aliphatic carbocycles. The van der Waals surface area contributed by atoms with Gasteiger partial charge >= 0.3 is 5.97 Å². The quantitative estimate of drug-likeness (QED) is 0.637. The molecule has 0 bridgehead atoms. The van der Waals surface area contributed by atoms with Crippen molar-refractivity contribution >= 4 is 31.9 Å². The van der Waals surface area contributed by atoms with Crippen molar-refractivity contribution in [1.29, 1.82) is 5.26 Å². The molecule has 0 heterocycles. The van der Waals surface area contributed by atoms with E-state index in [1.165, 1.54) is 6.19 Å². The Morgan fingerprint density at radius 3 is 2.56 bits per heavy atom. The van der Waals surface area contributed by atoms with Gasteiger partial charge in [0.25, 0.3) is 10.0 Å². The number of benzene rings is 1. The predicted octanol–water partition coefficient (Wildman–Crippen LogP) is 0.907. The van der Waals surface area contributed by atoms with Crippen molar-refractivity contribution in [3.63, 3.8) is 0 Å². The number of nitriles is 1. The molecule has 0 fully saturated rings. The van der Waals surface area contributed by atoms with E-state index in [4.69, 9.17) is 10.4 Å². The summed E-state index contributed by atoms with van der Waals surface area (Å²) in [6.07, 6.45) is 1.30. The first-order chi connectivity index (χ1) is 7.38. The molecule has 16 heavy (non-hydrogen) atoms. The molecule has 0 spiro atoms. The summed E-state index contributed by atoms with van der Waals surface area (Å²) in [5.41, 5.74) is -0.0530. The normalized spacial score (nSPS) is 10.5. The maximum atomic E-state index is 11.4. The Morgan fingerprint density at radius 1 is 1.50 bits per heavy atom. The summed E-state index contributed by atoms with van der Waals surface area (Å²) in [5, 5.41) is 16.9. The minimum absolute atomic E-state index is 0.0530. The van der Waals surface area contributed by atoms with Gasteiger partial charge in [-0.1, -0.05) is 0 Å². The van der Waals surface area contributed by atoms with Crippen LogP contribution in [0, 0.1) is 11.5 Å². The Labute approximate surface area is 99.7 Å². The summed E-state index contributed by atoms with van der Waals surface area (Å²) in [7, 11) is -3.93. The van der Waals surface area contributed by atoms with Crippen molar-refractivity contribution in [2.45, 2.75) is 4.90 Å². The zero-order valence-electron chi connectivity index (χ0n) is 7.64.